The van der Waals surface area contributed by atoms with Gasteiger partial charge in [0.2, 0.25) is 6.17 Å². The van der Waals surface area contributed by atoms with Gasteiger partial charge in [0.1, 0.15) is 5.58 Å². The van der Waals surface area contributed by atoms with Gasteiger partial charge in [0, 0.05) is 10.9 Å². The third-order valence-corrected chi connectivity index (χ3v) is 3.16. The molecule has 102 valence electrons. The molecule has 4 heteroatoms. The SMILES string of the molecule is FC(F)C(F)c1oc2ccccc2c1-c1ccccc1. The Kier molecular flexibility index (Phi) is 3.22. The molecule has 0 fully saturated rings. The molecule has 3 rings (SSSR count). The molecule has 1 heterocycles. The number of halogens is 3. The van der Waals surface area contributed by atoms with E-state index in [0.29, 0.717) is 22.1 Å². The summed E-state index contributed by atoms with van der Waals surface area (Å²) >= 11 is 0. The fourth-order valence-corrected chi connectivity index (χ4v) is 2.28. The summed E-state index contributed by atoms with van der Waals surface area (Å²) in [6, 6.07) is 15.7. The highest BCUT2D eigenvalue weighted by molar-refractivity contribution is 5.95. The van der Waals surface area contributed by atoms with Gasteiger partial charge in [-0.05, 0) is 11.6 Å². The lowest BCUT2D eigenvalue weighted by molar-refractivity contribution is 0.0389. The van der Waals surface area contributed by atoms with Crippen molar-refractivity contribution in [2.75, 3.05) is 0 Å². The summed E-state index contributed by atoms with van der Waals surface area (Å²) in [7, 11) is 0. The Labute approximate surface area is 113 Å². The lowest BCUT2D eigenvalue weighted by Crippen LogP contribution is -2.03. The van der Waals surface area contributed by atoms with Gasteiger partial charge in [0.05, 0.1) is 0 Å². The average molecular weight is 276 g/mol. The molecule has 1 aromatic heterocycles. The Bertz CT molecular complexity index is 719. The fourth-order valence-electron chi connectivity index (χ4n) is 2.28. The van der Waals surface area contributed by atoms with E-state index in [1.54, 1.807) is 48.5 Å². The molecule has 1 nitrogen and oxygen atoms in total. The van der Waals surface area contributed by atoms with E-state index in [9.17, 15) is 13.2 Å². The molecule has 0 saturated carbocycles. The van der Waals surface area contributed by atoms with E-state index >= 15 is 0 Å². The van der Waals surface area contributed by atoms with Crippen LogP contribution in [0.3, 0.4) is 0 Å². The van der Waals surface area contributed by atoms with Crippen molar-refractivity contribution in [3.63, 3.8) is 0 Å². The van der Waals surface area contributed by atoms with Crippen LogP contribution in [-0.2, 0) is 0 Å². The predicted octanol–water partition coefficient (Wildman–Crippen LogP) is 5.38. The second kappa shape index (κ2) is 5.04. The minimum atomic E-state index is -3.11. The Hall–Kier alpha value is -2.23. The molecule has 0 aliphatic rings. The van der Waals surface area contributed by atoms with Gasteiger partial charge in [-0.2, -0.15) is 0 Å². The number of para-hydroxylation sites is 1. The van der Waals surface area contributed by atoms with Crippen molar-refractivity contribution in [1.82, 2.24) is 0 Å². The van der Waals surface area contributed by atoms with Crippen molar-refractivity contribution in [1.29, 1.82) is 0 Å². The predicted molar refractivity (Wildman–Crippen MR) is 71.5 cm³/mol. The van der Waals surface area contributed by atoms with Gasteiger partial charge in [-0.25, -0.2) is 13.2 Å². The molecular formula is C16H11F3O. The van der Waals surface area contributed by atoms with Crippen LogP contribution in [-0.4, -0.2) is 6.43 Å². The van der Waals surface area contributed by atoms with E-state index in [1.807, 2.05) is 6.07 Å². The highest BCUT2D eigenvalue weighted by atomic mass is 19.3. The Balaban J connectivity index is 2.29. The Morgan fingerprint density at radius 1 is 0.800 bits per heavy atom. The van der Waals surface area contributed by atoms with Crippen LogP contribution < -0.4 is 0 Å². The number of benzene rings is 2. The first kappa shape index (κ1) is 12.8. The summed E-state index contributed by atoms with van der Waals surface area (Å²) in [6.45, 7) is 0. The number of alkyl halides is 3. The van der Waals surface area contributed by atoms with Gasteiger partial charge < -0.3 is 4.42 Å². The van der Waals surface area contributed by atoms with Crippen LogP contribution in [0.5, 0.6) is 0 Å². The molecule has 3 aromatic rings. The number of hydrogen-bond acceptors (Lipinski definition) is 1. The number of rotatable bonds is 3. The minimum Gasteiger partial charge on any atom is -0.457 e. The summed E-state index contributed by atoms with van der Waals surface area (Å²) in [6.07, 6.45) is -5.55. The molecule has 0 aliphatic carbocycles. The first-order valence-corrected chi connectivity index (χ1v) is 6.17. The summed E-state index contributed by atoms with van der Waals surface area (Å²) < 4.78 is 44.5. The van der Waals surface area contributed by atoms with E-state index in [1.165, 1.54) is 0 Å². The van der Waals surface area contributed by atoms with Crippen molar-refractivity contribution < 1.29 is 17.6 Å². The van der Waals surface area contributed by atoms with E-state index < -0.39 is 12.6 Å². The minimum absolute atomic E-state index is 0.313. The highest BCUT2D eigenvalue weighted by Gasteiger charge is 2.30. The first-order chi connectivity index (χ1) is 9.68. The molecular weight excluding hydrogens is 265 g/mol. The summed E-state index contributed by atoms with van der Waals surface area (Å²) in [4.78, 5) is 0. The van der Waals surface area contributed by atoms with Crippen LogP contribution in [0.15, 0.2) is 59.0 Å². The van der Waals surface area contributed by atoms with E-state index in [-0.39, 0.29) is 5.76 Å². The molecule has 0 aliphatic heterocycles. The van der Waals surface area contributed by atoms with Crippen LogP contribution >= 0.6 is 0 Å². The summed E-state index contributed by atoms with van der Waals surface area (Å²) in [5.41, 5.74) is 1.47. The third kappa shape index (κ3) is 2.07. The lowest BCUT2D eigenvalue weighted by Gasteiger charge is -2.07. The zero-order valence-corrected chi connectivity index (χ0v) is 10.4. The van der Waals surface area contributed by atoms with Gasteiger partial charge in [0.15, 0.2) is 5.76 Å². The largest absolute Gasteiger partial charge is 0.457 e. The van der Waals surface area contributed by atoms with Crippen molar-refractivity contribution in [2.45, 2.75) is 12.6 Å². The third-order valence-electron chi connectivity index (χ3n) is 3.16. The second-order valence-electron chi connectivity index (χ2n) is 4.44. The summed E-state index contributed by atoms with van der Waals surface area (Å²) in [5, 5.41) is 0.636. The van der Waals surface area contributed by atoms with Gasteiger partial charge in [0.25, 0.3) is 6.43 Å². The van der Waals surface area contributed by atoms with Gasteiger partial charge in [-0.1, -0.05) is 48.5 Å². The maximum Gasteiger partial charge on any atom is 0.276 e. The molecule has 0 spiro atoms. The highest BCUT2D eigenvalue weighted by Crippen LogP contribution is 2.40. The van der Waals surface area contributed by atoms with Crippen LogP contribution in [0.25, 0.3) is 22.1 Å². The molecule has 1 unspecified atom stereocenters. The lowest BCUT2D eigenvalue weighted by atomic mass is 10.0. The zero-order chi connectivity index (χ0) is 14.1. The molecule has 0 N–H and O–H groups in total. The fraction of sp³-hybridized carbons (Fsp3) is 0.125. The van der Waals surface area contributed by atoms with Gasteiger partial charge in [-0.15, -0.1) is 0 Å². The van der Waals surface area contributed by atoms with Crippen LogP contribution in [0.4, 0.5) is 13.2 Å². The van der Waals surface area contributed by atoms with Crippen molar-refractivity contribution >= 4 is 11.0 Å². The van der Waals surface area contributed by atoms with Crippen LogP contribution in [0.2, 0.25) is 0 Å². The quantitative estimate of drug-likeness (QED) is 0.626. The molecule has 1 atom stereocenters. The monoisotopic (exact) mass is 276 g/mol. The normalized spacial score (nSPS) is 13.0. The maximum absolute atomic E-state index is 13.8. The van der Waals surface area contributed by atoms with E-state index in [2.05, 4.69) is 0 Å². The van der Waals surface area contributed by atoms with Crippen molar-refractivity contribution in [3.05, 3.63) is 60.4 Å². The maximum atomic E-state index is 13.8. The van der Waals surface area contributed by atoms with Gasteiger partial charge >= 0.3 is 0 Å². The van der Waals surface area contributed by atoms with Crippen molar-refractivity contribution in [3.8, 4) is 11.1 Å². The number of fused-ring (bicyclic) bond motifs is 1. The smallest absolute Gasteiger partial charge is 0.276 e. The van der Waals surface area contributed by atoms with Gasteiger partial charge in [-0.3, -0.25) is 0 Å². The standard InChI is InChI=1S/C16H11F3O/c17-14(16(18)19)15-13(10-6-2-1-3-7-10)11-8-4-5-9-12(11)20-15/h1-9,14,16H. The average Bonchev–Trinajstić information content (AvgIpc) is 2.86. The topological polar surface area (TPSA) is 13.1 Å². The zero-order valence-electron chi connectivity index (χ0n) is 10.4. The summed E-state index contributed by atoms with van der Waals surface area (Å²) in [5.74, 6) is -0.313. The van der Waals surface area contributed by atoms with E-state index in [4.69, 9.17) is 4.42 Å². The Morgan fingerprint density at radius 2 is 1.45 bits per heavy atom. The van der Waals surface area contributed by atoms with E-state index in [0.717, 1.165) is 0 Å². The number of furan rings is 1. The van der Waals surface area contributed by atoms with Crippen LogP contribution in [0, 0.1) is 0 Å². The number of hydrogen-bond donors (Lipinski definition) is 0. The molecule has 0 amide bonds. The Morgan fingerprint density at radius 3 is 2.15 bits per heavy atom. The first-order valence-electron chi connectivity index (χ1n) is 6.17. The molecule has 0 bridgehead atoms. The molecule has 0 radical (unpaired) electrons. The molecule has 0 saturated heterocycles. The second-order valence-corrected chi connectivity index (χ2v) is 4.44. The van der Waals surface area contributed by atoms with Crippen molar-refractivity contribution in [2.24, 2.45) is 0 Å². The molecule has 2 aromatic carbocycles. The molecule has 20 heavy (non-hydrogen) atoms. The van der Waals surface area contributed by atoms with Crippen LogP contribution in [0.1, 0.15) is 11.9 Å².